The first kappa shape index (κ1) is 30.4. The first-order chi connectivity index (χ1) is 22.1. The molecule has 2 unspecified atom stereocenters. The molecule has 6 amide bonds. The second-order valence-corrected chi connectivity index (χ2v) is 11.2. The van der Waals surface area contributed by atoms with Gasteiger partial charge in [-0.2, -0.15) is 0 Å². The van der Waals surface area contributed by atoms with Gasteiger partial charge in [-0.25, -0.2) is 9.97 Å². The number of hydrogen-bond acceptors (Lipinski definition) is 10. The van der Waals surface area contributed by atoms with Crippen LogP contribution < -0.4 is 31.3 Å². The molecule has 16 nitrogen and oxygen atoms in total. The van der Waals surface area contributed by atoms with Crippen LogP contribution in [0.4, 0.5) is 0 Å². The molecule has 4 aromatic rings. The number of aromatic amines is 2. The summed E-state index contributed by atoms with van der Waals surface area (Å²) in [4.78, 5) is 89.2. The molecular formula is C30H31N9O7. The maximum absolute atomic E-state index is 13.3. The SMILES string of the molecule is COc1cc(C(=O)NC2CCC(=O)NC2=O)c2nc(CNCc3cc(C(=O)NC4CCC(=O)NC4=O)c4nc(C)[nH]c4c3)[nH]c2c1. The number of methoxy groups -OCH3 is 1. The number of imide groups is 2. The molecule has 2 aromatic heterocycles. The molecule has 0 bridgehead atoms. The van der Waals surface area contributed by atoms with E-state index in [1.807, 2.05) is 6.07 Å². The number of ether oxygens (including phenoxy) is 1. The predicted molar refractivity (Wildman–Crippen MR) is 161 cm³/mol. The number of amides is 6. The largest absolute Gasteiger partial charge is 0.497 e. The molecule has 0 radical (unpaired) electrons. The smallest absolute Gasteiger partial charge is 0.254 e. The lowest BCUT2D eigenvalue weighted by molar-refractivity contribution is -0.136. The Morgan fingerprint density at radius 2 is 1.39 bits per heavy atom. The standard InChI is InChI=1S/C30H31N9O7/c1-13-32-20-8-14(7-16(25(20)33-13)27(42)35-18-3-5-23(40)38-29(18)44)11-31-12-22-34-21-10-15(46-2)9-17(26(21)37-22)28(43)36-19-4-6-24(41)39-30(19)45/h7-10,18-19,31H,3-6,11-12H2,1-2H3,(H,32,33)(H,34,37)(H,35,42)(H,36,43)(H,38,40,44)(H,39,41,45). The Morgan fingerprint density at radius 1 is 0.804 bits per heavy atom. The van der Waals surface area contributed by atoms with Crippen molar-refractivity contribution in [3.05, 3.63) is 52.6 Å². The minimum absolute atomic E-state index is 0.126. The second kappa shape index (κ2) is 12.4. The van der Waals surface area contributed by atoms with Crippen LogP contribution in [0.15, 0.2) is 24.3 Å². The van der Waals surface area contributed by atoms with E-state index in [0.717, 1.165) is 5.56 Å². The summed E-state index contributed by atoms with van der Waals surface area (Å²) >= 11 is 0. The van der Waals surface area contributed by atoms with Crippen molar-refractivity contribution >= 4 is 57.5 Å². The van der Waals surface area contributed by atoms with E-state index in [4.69, 9.17) is 4.74 Å². The van der Waals surface area contributed by atoms with E-state index < -0.39 is 35.7 Å². The Bertz CT molecular complexity index is 1930. The maximum atomic E-state index is 13.3. The molecule has 2 aliphatic rings. The lowest BCUT2D eigenvalue weighted by Crippen LogP contribution is -2.52. The third kappa shape index (κ3) is 6.28. The minimum atomic E-state index is -0.849. The monoisotopic (exact) mass is 629 g/mol. The fourth-order valence-electron chi connectivity index (χ4n) is 5.55. The van der Waals surface area contributed by atoms with E-state index in [1.165, 1.54) is 13.2 Å². The van der Waals surface area contributed by atoms with Crippen molar-refractivity contribution in [3.63, 3.8) is 0 Å². The van der Waals surface area contributed by atoms with Crippen LogP contribution in [-0.4, -0.2) is 74.6 Å². The van der Waals surface area contributed by atoms with Crippen LogP contribution in [0, 0.1) is 6.92 Å². The normalized spacial score (nSPS) is 18.4. The zero-order chi connectivity index (χ0) is 32.5. The molecule has 0 aliphatic carbocycles. The minimum Gasteiger partial charge on any atom is -0.497 e. The van der Waals surface area contributed by atoms with Gasteiger partial charge in [0.25, 0.3) is 11.8 Å². The summed E-state index contributed by atoms with van der Waals surface area (Å²) in [6.07, 6.45) is 0.674. The van der Waals surface area contributed by atoms with E-state index in [2.05, 4.69) is 46.5 Å². The van der Waals surface area contributed by atoms with Crippen LogP contribution in [0.25, 0.3) is 22.1 Å². The Balaban J connectivity index is 1.17. The molecule has 2 atom stereocenters. The molecule has 2 aromatic carbocycles. The van der Waals surface area contributed by atoms with Crippen LogP contribution >= 0.6 is 0 Å². The van der Waals surface area contributed by atoms with Crippen molar-refractivity contribution in [2.24, 2.45) is 0 Å². The Morgan fingerprint density at radius 3 is 2.00 bits per heavy atom. The van der Waals surface area contributed by atoms with Crippen LogP contribution in [0.5, 0.6) is 5.75 Å². The Hall–Kier alpha value is -5.64. The van der Waals surface area contributed by atoms with Gasteiger partial charge in [0, 0.05) is 25.5 Å². The molecule has 7 N–H and O–H groups in total. The third-order valence-electron chi connectivity index (χ3n) is 7.81. The number of nitrogens with one attached hydrogen (secondary N) is 7. The Kier molecular flexibility index (Phi) is 8.19. The van der Waals surface area contributed by atoms with E-state index in [0.29, 0.717) is 46.0 Å². The summed E-state index contributed by atoms with van der Waals surface area (Å²) in [7, 11) is 1.47. The molecule has 0 saturated carbocycles. The second-order valence-electron chi connectivity index (χ2n) is 11.2. The van der Waals surface area contributed by atoms with Crippen molar-refractivity contribution in [2.75, 3.05) is 7.11 Å². The highest BCUT2D eigenvalue weighted by molar-refractivity contribution is 6.09. The highest BCUT2D eigenvalue weighted by Crippen LogP contribution is 2.25. The van der Waals surface area contributed by atoms with Gasteiger partial charge in [-0.05, 0) is 43.5 Å². The lowest BCUT2D eigenvalue weighted by Gasteiger charge is -2.22. The highest BCUT2D eigenvalue weighted by atomic mass is 16.5. The van der Waals surface area contributed by atoms with Crippen molar-refractivity contribution in [2.45, 2.75) is 57.8 Å². The molecular weight excluding hydrogens is 598 g/mol. The van der Waals surface area contributed by atoms with Gasteiger partial charge in [0.15, 0.2) is 0 Å². The number of rotatable bonds is 9. The first-order valence-corrected chi connectivity index (χ1v) is 14.6. The number of fused-ring (bicyclic) bond motifs is 2. The van der Waals surface area contributed by atoms with Gasteiger partial charge < -0.3 is 30.7 Å². The number of aryl methyl sites for hydroxylation is 1. The molecule has 238 valence electrons. The number of imidazole rings is 2. The van der Waals surface area contributed by atoms with E-state index >= 15 is 0 Å². The van der Waals surface area contributed by atoms with Crippen LogP contribution in [0.1, 0.15) is 63.6 Å². The van der Waals surface area contributed by atoms with Gasteiger partial charge in [0.1, 0.15) is 40.5 Å². The van der Waals surface area contributed by atoms with Crippen molar-refractivity contribution < 1.29 is 33.5 Å². The molecule has 2 fully saturated rings. The number of nitrogens with zero attached hydrogens (tertiary/aromatic N) is 2. The van der Waals surface area contributed by atoms with Crippen molar-refractivity contribution in [1.29, 1.82) is 0 Å². The van der Waals surface area contributed by atoms with E-state index in [9.17, 15) is 28.8 Å². The Labute approximate surface area is 260 Å². The van der Waals surface area contributed by atoms with Gasteiger partial charge in [-0.15, -0.1) is 0 Å². The van der Waals surface area contributed by atoms with Gasteiger partial charge in [-0.3, -0.25) is 39.4 Å². The number of carbonyl (C=O) groups excluding carboxylic acids is 6. The van der Waals surface area contributed by atoms with Gasteiger partial charge in [-0.1, -0.05) is 0 Å². The average molecular weight is 630 g/mol. The van der Waals surface area contributed by atoms with E-state index in [-0.39, 0.29) is 55.2 Å². The summed E-state index contributed by atoms with van der Waals surface area (Å²) < 4.78 is 5.37. The highest BCUT2D eigenvalue weighted by Gasteiger charge is 2.30. The van der Waals surface area contributed by atoms with Gasteiger partial charge in [0.05, 0.1) is 35.8 Å². The molecule has 4 heterocycles. The topological polar surface area (TPSA) is 229 Å². The molecule has 6 rings (SSSR count). The summed E-state index contributed by atoms with van der Waals surface area (Å²) in [5.41, 5.74) is 3.27. The maximum Gasteiger partial charge on any atom is 0.254 e. The molecule has 16 heteroatoms. The average Bonchev–Trinajstić information content (AvgIpc) is 3.60. The molecule has 0 spiro atoms. The van der Waals surface area contributed by atoms with Crippen LogP contribution in [-0.2, 0) is 32.3 Å². The summed E-state index contributed by atoms with van der Waals surface area (Å²) in [6, 6.07) is 5.12. The van der Waals surface area contributed by atoms with Gasteiger partial charge >= 0.3 is 0 Å². The predicted octanol–water partition coefficient (Wildman–Crippen LogP) is 0.116. The lowest BCUT2D eigenvalue weighted by atomic mass is 10.0. The number of aromatic nitrogens is 4. The first-order valence-electron chi connectivity index (χ1n) is 14.6. The fraction of sp³-hybridized carbons (Fsp3) is 0.333. The molecule has 2 saturated heterocycles. The summed E-state index contributed by atoms with van der Waals surface area (Å²) in [5.74, 6) is -1.32. The zero-order valence-electron chi connectivity index (χ0n) is 25.0. The zero-order valence-corrected chi connectivity index (χ0v) is 25.0. The van der Waals surface area contributed by atoms with Crippen LogP contribution in [0.2, 0.25) is 0 Å². The summed E-state index contributed by atoms with van der Waals surface area (Å²) in [5, 5.41) is 13.1. The number of piperidine rings is 2. The quantitative estimate of drug-likeness (QED) is 0.124. The molecule has 46 heavy (non-hydrogen) atoms. The van der Waals surface area contributed by atoms with Crippen LogP contribution in [0.3, 0.4) is 0 Å². The number of H-pyrrole nitrogens is 2. The number of hydrogen-bond donors (Lipinski definition) is 7. The van der Waals surface area contributed by atoms with E-state index in [1.54, 1.807) is 19.1 Å². The van der Waals surface area contributed by atoms with Crippen molar-refractivity contribution in [1.82, 2.24) is 46.5 Å². The fourth-order valence-corrected chi connectivity index (χ4v) is 5.55. The van der Waals surface area contributed by atoms with Gasteiger partial charge in [0.2, 0.25) is 23.6 Å². The number of benzene rings is 2. The van der Waals surface area contributed by atoms with Crippen molar-refractivity contribution in [3.8, 4) is 5.75 Å². The molecule has 2 aliphatic heterocycles. The third-order valence-corrected chi connectivity index (χ3v) is 7.81. The number of carbonyl (C=O) groups is 6. The summed E-state index contributed by atoms with van der Waals surface area (Å²) in [6.45, 7) is 2.37.